The van der Waals surface area contributed by atoms with Crippen molar-refractivity contribution in [2.24, 2.45) is 7.05 Å². The van der Waals surface area contributed by atoms with Gasteiger partial charge in [-0.05, 0) is 51.9 Å². The molecule has 47 heavy (non-hydrogen) atoms. The summed E-state index contributed by atoms with van der Waals surface area (Å²) in [6.45, 7) is 8.48. The fourth-order valence-electron chi connectivity index (χ4n) is 6.65. The Morgan fingerprint density at radius 2 is 1.79 bits per heavy atom. The highest BCUT2D eigenvalue weighted by Crippen LogP contribution is 2.41. The molecule has 2 aromatic carbocycles. The van der Waals surface area contributed by atoms with Crippen LogP contribution in [0.2, 0.25) is 0 Å². The smallest absolute Gasteiger partial charge is 0.387 e. The van der Waals surface area contributed by atoms with Crippen LogP contribution in [0.3, 0.4) is 0 Å². The molecule has 4 aromatic rings. The van der Waals surface area contributed by atoms with Gasteiger partial charge in [0, 0.05) is 74.4 Å². The van der Waals surface area contributed by atoms with Crippen molar-refractivity contribution >= 4 is 39.7 Å². The molecule has 13 heteroatoms. The van der Waals surface area contributed by atoms with E-state index >= 15 is 0 Å². The SMILES string of the molecule is C=CC(=O)Nc1cc(Nc2cc(-c3ccc4cnn(C)c4c3)ncn2)c(OC(F)F)cc1N1CCC(N2C[C@@H](C)N(C)[C@@H](C)C2)CC1. The number of likely N-dealkylation sites (N-methyl/N-ethyl adjacent to an activating group) is 1. The molecule has 0 saturated carbocycles. The fourth-order valence-corrected chi connectivity index (χ4v) is 6.65. The van der Waals surface area contributed by atoms with E-state index in [0.29, 0.717) is 54.1 Å². The molecule has 2 atom stereocenters. The predicted octanol–water partition coefficient (Wildman–Crippen LogP) is 5.49. The van der Waals surface area contributed by atoms with Gasteiger partial charge in [-0.15, -0.1) is 0 Å². The zero-order valence-corrected chi connectivity index (χ0v) is 27.2. The third kappa shape index (κ3) is 7.05. The topological polar surface area (TPSA) is 104 Å². The van der Waals surface area contributed by atoms with Crippen LogP contribution in [0.1, 0.15) is 26.7 Å². The normalized spacial score (nSPS) is 19.7. The summed E-state index contributed by atoms with van der Waals surface area (Å²) in [4.78, 5) is 28.4. The number of piperidine rings is 1. The summed E-state index contributed by atoms with van der Waals surface area (Å²) in [5, 5.41) is 11.3. The lowest BCUT2D eigenvalue weighted by molar-refractivity contribution is -0.111. The van der Waals surface area contributed by atoms with Crippen LogP contribution in [0, 0.1) is 0 Å². The Morgan fingerprint density at radius 1 is 1.04 bits per heavy atom. The number of nitrogens with zero attached hydrogens (tertiary/aromatic N) is 7. The van der Waals surface area contributed by atoms with Crippen molar-refractivity contribution in [3.63, 3.8) is 0 Å². The third-order valence-electron chi connectivity index (χ3n) is 9.44. The summed E-state index contributed by atoms with van der Waals surface area (Å²) < 4.78 is 34.3. The monoisotopic (exact) mass is 645 g/mol. The standard InChI is InChI=1S/C34H41F2N9O2/c1-6-33(46)41-27-14-28(40-32-15-26(37-20-38-32)23-7-8-24-17-39-43(5)29(24)13-23)31(47-34(35)36)16-30(27)44-11-9-25(10-12-44)45-18-21(2)42(4)22(3)19-45/h6-8,13-17,20-22,25,34H,1,9-12,18-19H2,2-5H3,(H,41,46)(H,37,38,40)/t21-,22+. The molecular formula is C34H41F2N9O2. The van der Waals surface area contributed by atoms with Gasteiger partial charge in [0.2, 0.25) is 5.91 Å². The number of anilines is 4. The van der Waals surface area contributed by atoms with E-state index in [-0.39, 0.29) is 11.4 Å². The number of halogens is 2. The van der Waals surface area contributed by atoms with Gasteiger partial charge in [0.05, 0.1) is 34.5 Å². The van der Waals surface area contributed by atoms with Crippen molar-refractivity contribution in [2.75, 3.05) is 48.8 Å². The molecule has 0 unspecified atom stereocenters. The fraction of sp³-hybridized carbons (Fsp3) is 0.412. The van der Waals surface area contributed by atoms with Gasteiger partial charge in [-0.2, -0.15) is 13.9 Å². The van der Waals surface area contributed by atoms with Crippen LogP contribution in [0.5, 0.6) is 5.75 Å². The number of carbonyl (C=O) groups excluding carboxylic acids is 1. The first kappa shape index (κ1) is 32.3. The number of piperazine rings is 1. The Labute approximate surface area is 273 Å². The highest BCUT2D eigenvalue weighted by molar-refractivity contribution is 6.02. The molecule has 1 amide bonds. The molecular weight excluding hydrogens is 604 g/mol. The van der Waals surface area contributed by atoms with Crippen molar-refractivity contribution in [3.8, 4) is 17.0 Å². The quantitative estimate of drug-likeness (QED) is 0.229. The number of carbonyl (C=O) groups is 1. The number of aromatic nitrogens is 4. The van der Waals surface area contributed by atoms with Crippen molar-refractivity contribution in [1.82, 2.24) is 29.5 Å². The first-order valence-corrected chi connectivity index (χ1v) is 15.9. The van der Waals surface area contributed by atoms with Gasteiger partial charge in [-0.3, -0.25) is 19.3 Å². The lowest BCUT2D eigenvalue weighted by Gasteiger charge is -2.48. The van der Waals surface area contributed by atoms with Crippen LogP contribution in [0.25, 0.3) is 22.2 Å². The minimum Gasteiger partial charge on any atom is -0.433 e. The second-order valence-corrected chi connectivity index (χ2v) is 12.4. The second kappa shape index (κ2) is 13.6. The van der Waals surface area contributed by atoms with Crippen LogP contribution < -0.4 is 20.3 Å². The van der Waals surface area contributed by atoms with Crippen molar-refractivity contribution in [3.05, 3.63) is 61.6 Å². The second-order valence-electron chi connectivity index (χ2n) is 12.4. The highest BCUT2D eigenvalue weighted by Gasteiger charge is 2.33. The third-order valence-corrected chi connectivity index (χ3v) is 9.44. The molecule has 0 bridgehead atoms. The van der Waals surface area contributed by atoms with Crippen LogP contribution in [-0.4, -0.2) is 93.4 Å². The maximum atomic E-state index is 13.8. The molecule has 0 radical (unpaired) electrons. The van der Waals surface area contributed by atoms with E-state index in [1.807, 2.05) is 25.2 Å². The number of hydrogen-bond donors (Lipinski definition) is 2. The van der Waals surface area contributed by atoms with E-state index in [0.717, 1.165) is 42.4 Å². The molecule has 248 valence electrons. The van der Waals surface area contributed by atoms with Gasteiger partial charge < -0.3 is 20.3 Å². The summed E-state index contributed by atoms with van der Waals surface area (Å²) in [7, 11) is 4.05. The summed E-state index contributed by atoms with van der Waals surface area (Å²) in [6.07, 6.45) is 6.20. The molecule has 2 aromatic heterocycles. The van der Waals surface area contributed by atoms with Gasteiger partial charge in [0.1, 0.15) is 12.1 Å². The number of ether oxygens (including phenoxy) is 1. The first-order valence-electron chi connectivity index (χ1n) is 15.9. The molecule has 2 saturated heterocycles. The van der Waals surface area contributed by atoms with E-state index in [2.05, 4.69) is 67.9 Å². The number of amides is 1. The average molecular weight is 646 g/mol. The summed E-state index contributed by atoms with van der Waals surface area (Å²) in [5.74, 6) is -0.110. The molecule has 11 nitrogen and oxygen atoms in total. The largest absolute Gasteiger partial charge is 0.433 e. The first-order chi connectivity index (χ1) is 22.6. The van der Waals surface area contributed by atoms with Gasteiger partial charge in [-0.25, -0.2) is 9.97 Å². The number of rotatable bonds is 9. The molecule has 2 aliphatic rings. The molecule has 2 fully saturated rings. The van der Waals surface area contributed by atoms with Crippen molar-refractivity contribution in [2.45, 2.75) is 51.4 Å². The molecule has 0 spiro atoms. The molecule has 2 N–H and O–H groups in total. The molecule has 4 heterocycles. The average Bonchev–Trinajstić information content (AvgIpc) is 3.44. The van der Waals surface area contributed by atoms with E-state index in [1.54, 1.807) is 29.1 Å². The summed E-state index contributed by atoms with van der Waals surface area (Å²) in [6, 6.07) is 12.1. The lowest BCUT2D eigenvalue weighted by Crippen LogP contribution is -2.59. The number of hydrogen-bond acceptors (Lipinski definition) is 9. The molecule has 6 rings (SSSR count). The van der Waals surface area contributed by atoms with E-state index in [9.17, 15) is 13.6 Å². The maximum absolute atomic E-state index is 13.8. The highest BCUT2D eigenvalue weighted by atomic mass is 19.3. The number of benzene rings is 2. The minimum absolute atomic E-state index is 0.0630. The van der Waals surface area contributed by atoms with Gasteiger partial charge in [0.15, 0.2) is 5.75 Å². The van der Waals surface area contributed by atoms with Crippen molar-refractivity contribution in [1.29, 1.82) is 0 Å². The minimum atomic E-state index is -3.06. The number of nitrogens with one attached hydrogen (secondary N) is 2. The van der Waals surface area contributed by atoms with Gasteiger partial charge in [0.25, 0.3) is 0 Å². The Morgan fingerprint density at radius 3 is 2.49 bits per heavy atom. The van der Waals surface area contributed by atoms with Crippen LogP contribution in [0.15, 0.2) is 61.6 Å². The summed E-state index contributed by atoms with van der Waals surface area (Å²) >= 11 is 0. The zero-order chi connectivity index (χ0) is 33.2. The van der Waals surface area contributed by atoms with E-state index in [4.69, 9.17) is 4.74 Å². The predicted molar refractivity (Wildman–Crippen MR) is 180 cm³/mol. The van der Waals surface area contributed by atoms with Crippen LogP contribution in [-0.2, 0) is 11.8 Å². The molecule has 0 aliphatic carbocycles. The number of alkyl halides is 2. The Bertz CT molecular complexity index is 1740. The van der Waals surface area contributed by atoms with E-state index in [1.165, 1.54) is 12.4 Å². The lowest BCUT2D eigenvalue weighted by atomic mass is 9.98. The Kier molecular flexibility index (Phi) is 9.37. The van der Waals surface area contributed by atoms with Crippen molar-refractivity contribution < 1.29 is 18.3 Å². The van der Waals surface area contributed by atoms with E-state index < -0.39 is 12.5 Å². The zero-order valence-electron chi connectivity index (χ0n) is 27.2. The number of fused-ring (bicyclic) bond motifs is 1. The maximum Gasteiger partial charge on any atom is 0.387 e. The Hall–Kier alpha value is -4.62. The van der Waals surface area contributed by atoms with Crippen LogP contribution in [0.4, 0.5) is 31.7 Å². The number of aryl methyl sites for hydroxylation is 1. The Balaban J connectivity index is 1.28. The van der Waals surface area contributed by atoms with Gasteiger partial charge >= 0.3 is 6.61 Å². The summed E-state index contributed by atoms with van der Waals surface area (Å²) in [5.41, 5.74) is 3.69. The van der Waals surface area contributed by atoms with Gasteiger partial charge in [-0.1, -0.05) is 18.7 Å². The van der Waals surface area contributed by atoms with Crippen LogP contribution >= 0.6 is 0 Å². The molecule has 2 aliphatic heterocycles.